The number of halogens is 1. The first-order valence-corrected chi connectivity index (χ1v) is 13.4. The number of allylic oxidation sites excluding steroid dienone is 1. The summed E-state index contributed by atoms with van der Waals surface area (Å²) in [7, 11) is 4.63. The largest absolute Gasteiger partial charge is 0.493 e. The predicted octanol–water partition coefficient (Wildman–Crippen LogP) is 6.10. The topological polar surface area (TPSA) is 139 Å². The van der Waals surface area contributed by atoms with Gasteiger partial charge in [-0.25, -0.2) is 9.78 Å². The van der Waals surface area contributed by atoms with E-state index in [1.54, 1.807) is 26.4 Å². The highest BCUT2D eigenvalue weighted by atomic mass is 35.5. The maximum absolute atomic E-state index is 13.5. The number of hydrogen-bond donors (Lipinski definition) is 1. The number of esters is 1. The summed E-state index contributed by atoms with van der Waals surface area (Å²) in [5, 5.41) is 14.0. The van der Waals surface area contributed by atoms with E-state index in [9.17, 15) is 19.7 Å². The number of para-hydroxylation sites is 1. The Labute approximate surface area is 251 Å². The van der Waals surface area contributed by atoms with Crippen molar-refractivity contribution in [1.82, 2.24) is 4.98 Å². The predicted molar refractivity (Wildman–Crippen MR) is 161 cm³/mol. The number of anilines is 1. The first-order valence-electron chi connectivity index (χ1n) is 13.1. The number of carbonyl (C=O) groups excluding carboxylic acids is 2. The van der Waals surface area contributed by atoms with Crippen LogP contribution in [0.5, 0.6) is 17.2 Å². The molecule has 0 saturated heterocycles. The second-order valence-corrected chi connectivity index (χ2v) is 9.91. The minimum atomic E-state index is -0.672. The molecule has 4 aromatic rings. The minimum Gasteiger partial charge on any atom is -0.493 e. The van der Waals surface area contributed by atoms with Crippen molar-refractivity contribution >= 4 is 57.4 Å². The molecule has 1 amide bonds. The van der Waals surface area contributed by atoms with Crippen LogP contribution in [0.1, 0.15) is 33.6 Å². The number of nitro groups is 1. The first kappa shape index (κ1) is 29.3. The normalized spacial score (nSPS) is 13.0. The number of non-ortho nitro benzene ring substituents is 1. The van der Waals surface area contributed by atoms with Crippen molar-refractivity contribution < 1.29 is 33.5 Å². The van der Waals surface area contributed by atoms with Crippen LogP contribution in [-0.4, -0.2) is 49.7 Å². The van der Waals surface area contributed by atoms with Crippen molar-refractivity contribution in [2.75, 3.05) is 33.3 Å². The summed E-state index contributed by atoms with van der Waals surface area (Å²) in [5.41, 5.74) is 4.00. The molecular formula is C31H26ClN3O8. The zero-order chi connectivity index (χ0) is 30.7. The Morgan fingerprint density at radius 3 is 2.40 bits per heavy atom. The molecule has 43 heavy (non-hydrogen) atoms. The number of nitrogens with one attached hydrogen (secondary N) is 1. The quantitative estimate of drug-likeness (QED) is 0.136. The molecule has 1 aliphatic carbocycles. The van der Waals surface area contributed by atoms with E-state index >= 15 is 0 Å². The number of nitrogens with zero attached hydrogens (tertiary/aromatic N) is 2. The average molecular weight is 604 g/mol. The molecular weight excluding hydrogens is 578 g/mol. The summed E-state index contributed by atoms with van der Waals surface area (Å²) >= 11 is 6.07. The Bertz CT molecular complexity index is 1780. The summed E-state index contributed by atoms with van der Waals surface area (Å²) < 4.78 is 21.8. The van der Waals surface area contributed by atoms with Crippen molar-refractivity contribution in [2.24, 2.45) is 0 Å². The van der Waals surface area contributed by atoms with E-state index in [0.29, 0.717) is 52.3 Å². The molecule has 1 aliphatic rings. The van der Waals surface area contributed by atoms with E-state index in [4.69, 9.17) is 35.5 Å². The van der Waals surface area contributed by atoms with E-state index < -0.39 is 23.4 Å². The molecule has 0 unspecified atom stereocenters. The van der Waals surface area contributed by atoms with Crippen LogP contribution in [-0.2, 0) is 16.0 Å². The molecule has 0 saturated carbocycles. The summed E-state index contributed by atoms with van der Waals surface area (Å²) in [6.45, 7) is -0.592. The van der Waals surface area contributed by atoms with Gasteiger partial charge in [0.25, 0.3) is 11.6 Å². The highest BCUT2D eigenvalue weighted by molar-refractivity contribution is 6.34. The van der Waals surface area contributed by atoms with Gasteiger partial charge in [-0.05, 0) is 59.9 Å². The molecule has 220 valence electrons. The van der Waals surface area contributed by atoms with Crippen LogP contribution in [0, 0.1) is 10.1 Å². The molecule has 1 aromatic heterocycles. The number of amides is 1. The third-order valence-corrected chi connectivity index (χ3v) is 7.26. The van der Waals surface area contributed by atoms with Crippen molar-refractivity contribution in [1.29, 1.82) is 0 Å². The Morgan fingerprint density at radius 1 is 1.02 bits per heavy atom. The van der Waals surface area contributed by atoms with Gasteiger partial charge < -0.3 is 24.3 Å². The lowest BCUT2D eigenvalue weighted by molar-refractivity contribution is -0.384. The number of nitro benzene ring substituents is 1. The number of aromatic nitrogens is 1. The Morgan fingerprint density at radius 2 is 1.74 bits per heavy atom. The average Bonchev–Trinajstić information content (AvgIpc) is 3.40. The van der Waals surface area contributed by atoms with Gasteiger partial charge in [0, 0.05) is 17.5 Å². The van der Waals surface area contributed by atoms with Crippen LogP contribution >= 0.6 is 11.6 Å². The Kier molecular flexibility index (Phi) is 8.44. The van der Waals surface area contributed by atoms with Crippen LogP contribution in [0.3, 0.4) is 0 Å². The maximum Gasteiger partial charge on any atom is 0.339 e. The van der Waals surface area contributed by atoms with Crippen molar-refractivity contribution in [3.05, 3.63) is 92.1 Å². The SMILES string of the molecule is COc1cc(/C=C2\CCc3c2nc2ccccc2c3C(=O)OCC(=O)Nc2ccc([N+](=O)[O-])cc2Cl)cc(OC)c1OC. The molecule has 5 rings (SSSR count). The van der Waals surface area contributed by atoms with Crippen LogP contribution in [0.2, 0.25) is 5.02 Å². The number of carbonyl (C=O) groups is 2. The zero-order valence-electron chi connectivity index (χ0n) is 23.4. The van der Waals surface area contributed by atoms with E-state index in [0.717, 1.165) is 22.8 Å². The molecule has 0 radical (unpaired) electrons. The number of methoxy groups -OCH3 is 3. The van der Waals surface area contributed by atoms with Gasteiger partial charge in [0.1, 0.15) is 0 Å². The molecule has 12 heteroatoms. The summed E-state index contributed by atoms with van der Waals surface area (Å²) in [6.07, 6.45) is 3.13. The van der Waals surface area contributed by atoms with Crippen LogP contribution in [0.4, 0.5) is 11.4 Å². The molecule has 0 spiro atoms. The Balaban J connectivity index is 1.43. The molecule has 0 aliphatic heterocycles. The zero-order valence-corrected chi connectivity index (χ0v) is 24.2. The second kappa shape index (κ2) is 12.4. The van der Waals surface area contributed by atoms with Gasteiger partial charge in [0.05, 0.1) is 53.7 Å². The fourth-order valence-electron chi connectivity index (χ4n) is 5.01. The monoisotopic (exact) mass is 603 g/mol. The van der Waals surface area contributed by atoms with Crippen molar-refractivity contribution in [3.8, 4) is 17.2 Å². The van der Waals surface area contributed by atoms with Crippen LogP contribution < -0.4 is 19.5 Å². The number of rotatable bonds is 9. The van der Waals surface area contributed by atoms with Crippen LogP contribution in [0.25, 0.3) is 22.6 Å². The van der Waals surface area contributed by atoms with Crippen LogP contribution in [0.15, 0.2) is 54.6 Å². The number of ether oxygens (including phenoxy) is 4. The molecule has 1 N–H and O–H groups in total. The number of pyridine rings is 1. The molecule has 1 heterocycles. The third-order valence-electron chi connectivity index (χ3n) is 6.95. The lowest BCUT2D eigenvalue weighted by Gasteiger charge is -2.14. The third kappa shape index (κ3) is 5.93. The highest BCUT2D eigenvalue weighted by Gasteiger charge is 2.28. The minimum absolute atomic E-state index is 0.0155. The van der Waals surface area contributed by atoms with E-state index in [-0.39, 0.29) is 16.4 Å². The standard InChI is InChI=1S/C31H26ClN3O8/c1-40-25-13-17(14-26(41-2)30(25)42-3)12-18-8-10-21-28(20-6-4-5-7-23(20)34-29(18)21)31(37)43-16-27(36)33-24-11-9-19(35(38)39)15-22(24)32/h4-7,9,11-15H,8,10,16H2,1-3H3,(H,33,36)/b18-12+. The van der Waals surface area contributed by atoms with Gasteiger partial charge in [0.2, 0.25) is 5.75 Å². The molecule has 0 atom stereocenters. The number of benzene rings is 3. The fraction of sp³-hybridized carbons (Fsp3) is 0.194. The molecule has 0 fully saturated rings. The second-order valence-electron chi connectivity index (χ2n) is 9.50. The van der Waals surface area contributed by atoms with Gasteiger partial charge in [0.15, 0.2) is 18.1 Å². The number of fused-ring (bicyclic) bond motifs is 2. The fourth-order valence-corrected chi connectivity index (χ4v) is 5.23. The van der Waals surface area contributed by atoms with Crippen molar-refractivity contribution in [2.45, 2.75) is 12.8 Å². The lowest BCUT2D eigenvalue weighted by Crippen LogP contribution is -2.22. The van der Waals surface area contributed by atoms with E-state index in [2.05, 4.69) is 5.32 Å². The van der Waals surface area contributed by atoms with Gasteiger partial charge >= 0.3 is 5.97 Å². The van der Waals surface area contributed by atoms with Gasteiger partial charge in [-0.2, -0.15) is 0 Å². The molecule has 0 bridgehead atoms. The van der Waals surface area contributed by atoms with Crippen molar-refractivity contribution in [3.63, 3.8) is 0 Å². The number of hydrogen-bond acceptors (Lipinski definition) is 9. The lowest BCUT2D eigenvalue weighted by atomic mass is 10.0. The van der Waals surface area contributed by atoms with E-state index in [1.165, 1.54) is 19.2 Å². The summed E-state index contributed by atoms with van der Waals surface area (Å²) in [5.74, 6) is 0.177. The first-order chi connectivity index (χ1) is 20.7. The Hall–Kier alpha value is -5.16. The van der Waals surface area contributed by atoms with E-state index in [1.807, 2.05) is 30.3 Å². The molecule has 11 nitrogen and oxygen atoms in total. The smallest absolute Gasteiger partial charge is 0.339 e. The van der Waals surface area contributed by atoms with Gasteiger partial charge in [-0.1, -0.05) is 29.8 Å². The summed E-state index contributed by atoms with van der Waals surface area (Å²) in [6, 6.07) is 14.5. The van der Waals surface area contributed by atoms with Gasteiger partial charge in [-0.15, -0.1) is 0 Å². The summed E-state index contributed by atoms with van der Waals surface area (Å²) in [4.78, 5) is 41.3. The molecule has 3 aromatic carbocycles. The maximum atomic E-state index is 13.5. The highest BCUT2D eigenvalue weighted by Crippen LogP contribution is 2.41. The van der Waals surface area contributed by atoms with Gasteiger partial charge in [-0.3, -0.25) is 14.9 Å².